The third-order valence-corrected chi connectivity index (χ3v) is 1.59. The average molecular weight is 224 g/mol. The lowest BCUT2D eigenvalue weighted by Crippen LogP contribution is -2.45. The molecule has 0 aliphatic carbocycles. The first-order valence-electron chi connectivity index (χ1n) is 4.01. The Morgan fingerprint density at radius 1 is 1.57 bits per heavy atom. The van der Waals surface area contributed by atoms with Crippen LogP contribution in [0.3, 0.4) is 0 Å². The van der Waals surface area contributed by atoms with Crippen LogP contribution in [-0.2, 0) is 14.2 Å². The van der Waals surface area contributed by atoms with Gasteiger partial charge in [-0.3, -0.25) is 0 Å². The van der Waals surface area contributed by atoms with Gasteiger partial charge in [-0.15, -0.1) is 11.6 Å². The fraction of sp³-hybridized carbons (Fsp3) is 0.714. The Hall–Kier alpha value is -1.17. The van der Waals surface area contributed by atoms with Crippen LogP contribution in [0.1, 0.15) is 0 Å². The summed E-state index contributed by atoms with van der Waals surface area (Å²) in [5.74, 6) is 0.240. The Balaban J connectivity index is 2.17. The number of carbonyl (C=O) groups is 2. The van der Waals surface area contributed by atoms with Crippen molar-refractivity contribution in [2.75, 3.05) is 25.7 Å². The second kappa shape index (κ2) is 5.54. The van der Waals surface area contributed by atoms with E-state index in [1.165, 1.54) is 0 Å². The van der Waals surface area contributed by atoms with Crippen LogP contribution in [0.5, 0.6) is 0 Å². The number of rotatable bonds is 3. The number of alkyl carbamates (subject to hydrolysis) is 1. The number of hydrogen-bond acceptors (Lipinski definition) is 5. The molecule has 1 saturated heterocycles. The van der Waals surface area contributed by atoms with E-state index in [0.717, 1.165) is 0 Å². The van der Waals surface area contributed by atoms with Crippen LogP contribution in [0.15, 0.2) is 0 Å². The lowest BCUT2D eigenvalue weighted by atomic mass is 10.3. The monoisotopic (exact) mass is 223 g/mol. The number of amides is 1. The van der Waals surface area contributed by atoms with Gasteiger partial charge in [0.25, 0.3) is 0 Å². The third kappa shape index (κ3) is 3.69. The lowest BCUT2D eigenvalue weighted by Gasteiger charge is -2.22. The highest BCUT2D eigenvalue weighted by Crippen LogP contribution is 1.99. The van der Waals surface area contributed by atoms with Gasteiger partial charge in [-0.25, -0.2) is 9.59 Å². The molecule has 7 heteroatoms. The molecule has 1 aliphatic heterocycles. The maximum atomic E-state index is 11.0. The predicted molar refractivity (Wildman–Crippen MR) is 46.3 cm³/mol. The first kappa shape index (κ1) is 10.9. The Bertz CT molecular complexity index is 212. The summed E-state index contributed by atoms with van der Waals surface area (Å²) in [6.07, 6.45) is -1.32. The summed E-state index contributed by atoms with van der Waals surface area (Å²) < 4.78 is 13.7. The number of nitrogens with one attached hydrogen (secondary N) is 1. The number of carbonyl (C=O) groups excluding carboxylic acids is 2. The van der Waals surface area contributed by atoms with E-state index in [2.05, 4.69) is 19.5 Å². The zero-order valence-corrected chi connectivity index (χ0v) is 8.08. The molecule has 1 amide bonds. The summed E-state index contributed by atoms with van der Waals surface area (Å²) in [6.45, 7) is 0.324. The maximum Gasteiger partial charge on any atom is 0.508 e. The van der Waals surface area contributed by atoms with E-state index < -0.39 is 12.2 Å². The van der Waals surface area contributed by atoms with E-state index in [1.807, 2.05) is 0 Å². The molecule has 0 spiro atoms. The fourth-order valence-corrected chi connectivity index (χ4v) is 0.927. The summed E-state index contributed by atoms with van der Waals surface area (Å²) in [4.78, 5) is 21.4. The topological polar surface area (TPSA) is 73.9 Å². The van der Waals surface area contributed by atoms with E-state index in [-0.39, 0.29) is 31.7 Å². The van der Waals surface area contributed by atoms with Gasteiger partial charge >= 0.3 is 12.2 Å². The molecule has 80 valence electrons. The highest BCUT2D eigenvalue weighted by molar-refractivity contribution is 6.18. The van der Waals surface area contributed by atoms with Gasteiger partial charge < -0.3 is 19.5 Å². The molecule has 1 heterocycles. The Labute approximate surface area is 85.4 Å². The number of ether oxygens (including phenoxy) is 3. The van der Waals surface area contributed by atoms with Crippen molar-refractivity contribution in [2.45, 2.75) is 6.04 Å². The molecule has 0 radical (unpaired) electrons. The van der Waals surface area contributed by atoms with E-state index in [9.17, 15) is 9.59 Å². The number of halogens is 1. The Morgan fingerprint density at radius 2 is 2.21 bits per heavy atom. The minimum absolute atomic E-state index is 0.0921. The molecule has 0 saturated carbocycles. The standard InChI is InChI=1S/C7H10ClNO5/c8-1-2-12-6(10)9-5-3-13-7(11)14-4-5/h5H,1-4H2,(H,9,10). The number of hydrogen-bond donors (Lipinski definition) is 1. The zero-order chi connectivity index (χ0) is 10.4. The second-order valence-electron chi connectivity index (χ2n) is 2.54. The van der Waals surface area contributed by atoms with Crippen molar-refractivity contribution < 1.29 is 23.8 Å². The minimum atomic E-state index is -0.725. The van der Waals surface area contributed by atoms with Gasteiger partial charge in [0.15, 0.2) is 0 Å². The van der Waals surface area contributed by atoms with Crippen molar-refractivity contribution in [3.63, 3.8) is 0 Å². The largest absolute Gasteiger partial charge is 0.508 e. The molecule has 14 heavy (non-hydrogen) atoms. The van der Waals surface area contributed by atoms with Gasteiger partial charge in [0.2, 0.25) is 0 Å². The average Bonchev–Trinajstić information content (AvgIpc) is 2.18. The molecule has 0 aromatic carbocycles. The highest BCUT2D eigenvalue weighted by atomic mass is 35.5. The van der Waals surface area contributed by atoms with Gasteiger partial charge in [0.05, 0.1) is 5.88 Å². The van der Waals surface area contributed by atoms with Crippen molar-refractivity contribution >= 4 is 23.8 Å². The van der Waals surface area contributed by atoms with E-state index in [4.69, 9.17) is 11.6 Å². The molecule has 0 bridgehead atoms. The molecule has 0 unspecified atom stereocenters. The van der Waals surface area contributed by atoms with Crippen molar-refractivity contribution in [1.29, 1.82) is 0 Å². The lowest BCUT2D eigenvalue weighted by molar-refractivity contribution is 0.000548. The van der Waals surface area contributed by atoms with E-state index in [1.54, 1.807) is 0 Å². The van der Waals surface area contributed by atoms with Gasteiger partial charge in [-0.1, -0.05) is 0 Å². The smallest absolute Gasteiger partial charge is 0.448 e. The summed E-state index contributed by atoms with van der Waals surface area (Å²) in [6, 6.07) is -0.365. The quantitative estimate of drug-likeness (QED) is 0.557. The van der Waals surface area contributed by atoms with Crippen LogP contribution in [0.2, 0.25) is 0 Å². The Kier molecular flexibility index (Phi) is 4.31. The SMILES string of the molecule is O=C(NC1COC(=O)OC1)OCCCl. The molecular weight excluding hydrogens is 214 g/mol. The zero-order valence-electron chi connectivity index (χ0n) is 7.32. The van der Waals surface area contributed by atoms with Gasteiger partial charge in [-0.2, -0.15) is 0 Å². The van der Waals surface area contributed by atoms with Crippen LogP contribution in [0.4, 0.5) is 9.59 Å². The van der Waals surface area contributed by atoms with E-state index in [0.29, 0.717) is 0 Å². The number of cyclic esters (lactones) is 2. The second-order valence-corrected chi connectivity index (χ2v) is 2.92. The van der Waals surface area contributed by atoms with Crippen LogP contribution in [-0.4, -0.2) is 44.0 Å². The molecule has 0 aromatic rings. The summed E-state index contributed by atoms with van der Waals surface area (Å²) in [5, 5.41) is 2.45. The molecule has 1 rings (SSSR count). The highest BCUT2D eigenvalue weighted by Gasteiger charge is 2.22. The van der Waals surface area contributed by atoms with Gasteiger partial charge in [-0.05, 0) is 0 Å². The van der Waals surface area contributed by atoms with Crippen molar-refractivity contribution in [2.24, 2.45) is 0 Å². The molecular formula is C7H10ClNO5. The maximum absolute atomic E-state index is 11.0. The molecule has 1 aliphatic rings. The van der Waals surface area contributed by atoms with Crippen molar-refractivity contribution in [3.05, 3.63) is 0 Å². The predicted octanol–water partition coefficient (Wildman–Crippen LogP) is 0.487. The van der Waals surface area contributed by atoms with Gasteiger partial charge in [0, 0.05) is 0 Å². The summed E-state index contributed by atoms with van der Waals surface area (Å²) in [5.41, 5.74) is 0. The van der Waals surface area contributed by atoms with Crippen molar-refractivity contribution in [3.8, 4) is 0 Å². The number of alkyl halides is 1. The fourth-order valence-electron chi connectivity index (χ4n) is 0.850. The molecule has 0 aromatic heterocycles. The minimum Gasteiger partial charge on any atom is -0.448 e. The Morgan fingerprint density at radius 3 is 2.79 bits per heavy atom. The van der Waals surface area contributed by atoms with Crippen LogP contribution in [0.25, 0.3) is 0 Å². The summed E-state index contributed by atoms with van der Waals surface area (Å²) in [7, 11) is 0. The third-order valence-electron chi connectivity index (χ3n) is 1.44. The molecule has 1 fully saturated rings. The van der Waals surface area contributed by atoms with Crippen LogP contribution < -0.4 is 5.32 Å². The first-order valence-corrected chi connectivity index (χ1v) is 4.54. The molecule has 6 nitrogen and oxygen atoms in total. The van der Waals surface area contributed by atoms with Crippen molar-refractivity contribution in [1.82, 2.24) is 5.32 Å². The van der Waals surface area contributed by atoms with Crippen LogP contribution >= 0.6 is 11.6 Å². The molecule has 1 N–H and O–H groups in total. The first-order chi connectivity index (χ1) is 6.72. The molecule has 0 atom stereocenters. The van der Waals surface area contributed by atoms with E-state index >= 15 is 0 Å². The van der Waals surface area contributed by atoms with Crippen LogP contribution in [0, 0.1) is 0 Å². The summed E-state index contributed by atoms with van der Waals surface area (Å²) >= 11 is 5.31. The van der Waals surface area contributed by atoms with Gasteiger partial charge in [0.1, 0.15) is 25.9 Å². The normalized spacial score (nSPS) is 16.8.